The Hall–Kier alpha value is -1.47. The second-order valence-electron chi connectivity index (χ2n) is 11.3. The van der Waals surface area contributed by atoms with Crippen LogP contribution in [0.1, 0.15) is 89.5 Å². The molecule has 7 nitrogen and oxygen atoms in total. The molecule has 0 heterocycles. The molecule has 0 spiro atoms. The van der Waals surface area contributed by atoms with E-state index < -0.39 is 22.2 Å². The molecule has 0 aromatic rings. The van der Waals surface area contributed by atoms with E-state index in [1.54, 1.807) is 6.92 Å². The third kappa shape index (κ3) is 9.57. The van der Waals surface area contributed by atoms with Crippen LogP contribution in [0.3, 0.4) is 0 Å². The van der Waals surface area contributed by atoms with Crippen LogP contribution in [0, 0.1) is 17.3 Å². The molecule has 188 valence electrons. The zero-order valence-electron chi connectivity index (χ0n) is 22.5. The van der Waals surface area contributed by atoms with Gasteiger partial charge in [-0.1, -0.05) is 13.8 Å². The fourth-order valence-corrected chi connectivity index (χ4v) is 3.27. The lowest BCUT2D eigenvalue weighted by molar-refractivity contribution is -0.206. The number of amides is 2. The molecule has 2 atom stereocenters. The number of ketones is 1. The zero-order valence-corrected chi connectivity index (χ0v) is 22.5. The molecule has 0 aliphatic rings. The summed E-state index contributed by atoms with van der Waals surface area (Å²) < 4.78 is 12.5. The largest absolute Gasteiger partial charge is 0.371 e. The summed E-state index contributed by atoms with van der Waals surface area (Å²) in [6, 6.07) is 0. The molecule has 0 saturated carbocycles. The maximum Gasteiger partial charge on any atom is 0.228 e. The molecule has 0 radical (unpaired) electrons. The molecule has 0 rings (SSSR count). The maximum atomic E-state index is 12.5. The van der Waals surface area contributed by atoms with Crippen molar-refractivity contribution in [3.63, 3.8) is 0 Å². The zero-order chi connectivity index (χ0) is 25.5. The lowest BCUT2D eigenvalue weighted by Crippen LogP contribution is -2.56. The summed E-state index contributed by atoms with van der Waals surface area (Å²) in [5, 5.41) is 5.83. The fraction of sp³-hybridized carbons (Fsp3) is 0.880. The van der Waals surface area contributed by atoms with Crippen molar-refractivity contribution in [2.45, 2.75) is 106 Å². The SMILES string of the molecule is CCNC(=O)C(C)(C)C(C)(C)OC(C)(C)COC(C)(C)CNC(=O)C(C)C(C)CC(C)=O. The van der Waals surface area contributed by atoms with E-state index in [4.69, 9.17) is 9.47 Å². The summed E-state index contributed by atoms with van der Waals surface area (Å²) in [6.07, 6.45) is 0.391. The molecule has 0 aromatic carbocycles. The molecule has 2 N–H and O–H groups in total. The van der Waals surface area contributed by atoms with Gasteiger partial charge >= 0.3 is 0 Å². The van der Waals surface area contributed by atoms with Crippen molar-refractivity contribution in [1.82, 2.24) is 10.6 Å². The minimum absolute atomic E-state index is 0.0145. The number of carbonyl (C=O) groups is 3. The summed E-state index contributed by atoms with van der Waals surface area (Å²) >= 11 is 0. The smallest absolute Gasteiger partial charge is 0.228 e. The van der Waals surface area contributed by atoms with E-state index in [0.717, 1.165) is 0 Å². The lowest BCUT2D eigenvalue weighted by atomic mass is 9.75. The van der Waals surface area contributed by atoms with Crippen LogP contribution >= 0.6 is 0 Å². The van der Waals surface area contributed by atoms with Gasteiger partial charge in [-0.2, -0.15) is 0 Å². The van der Waals surface area contributed by atoms with E-state index in [0.29, 0.717) is 26.1 Å². The molecular formula is C25H48N2O5. The van der Waals surface area contributed by atoms with Crippen LogP contribution in [0.5, 0.6) is 0 Å². The Morgan fingerprint density at radius 2 is 1.41 bits per heavy atom. The first-order chi connectivity index (χ1) is 14.3. The van der Waals surface area contributed by atoms with Gasteiger partial charge in [0.1, 0.15) is 5.78 Å². The number of hydrogen-bond donors (Lipinski definition) is 2. The monoisotopic (exact) mass is 456 g/mol. The normalized spacial score (nSPS) is 15.1. The van der Waals surface area contributed by atoms with Gasteiger partial charge in [0.25, 0.3) is 0 Å². The van der Waals surface area contributed by atoms with Crippen LogP contribution in [0.4, 0.5) is 0 Å². The second kappa shape index (κ2) is 11.6. The van der Waals surface area contributed by atoms with Crippen molar-refractivity contribution in [2.24, 2.45) is 17.3 Å². The molecule has 7 heteroatoms. The van der Waals surface area contributed by atoms with E-state index in [9.17, 15) is 14.4 Å². The maximum absolute atomic E-state index is 12.5. The highest BCUT2D eigenvalue weighted by Crippen LogP contribution is 2.37. The van der Waals surface area contributed by atoms with E-state index in [1.165, 1.54) is 0 Å². The number of nitrogens with one attached hydrogen (secondary N) is 2. The fourth-order valence-electron chi connectivity index (χ4n) is 3.27. The van der Waals surface area contributed by atoms with Gasteiger partial charge in [-0.05, 0) is 75.2 Å². The summed E-state index contributed by atoms with van der Waals surface area (Å²) in [7, 11) is 0. The minimum Gasteiger partial charge on any atom is -0.371 e. The Labute approximate surface area is 195 Å². The van der Waals surface area contributed by atoms with Crippen LogP contribution in [0.2, 0.25) is 0 Å². The van der Waals surface area contributed by atoms with Gasteiger partial charge < -0.3 is 24.9 Å². The predicted octanol–water partition coefficient (Wildman–Crippen LogP) is 3.89. The standard InChI is InChI=1S/C25H48N2O5/c1-13-26-21(30)24(9,10)25(11,12)32-23(7,8)16-31-22(5,6)15-27-20(29)19(4)17(2)14-18(3)28/h17,19H,13-16H2,1-12H3,(H,26,30)(H,27,29). The quantitative estimate of drug-likeness (QED) is 0.414. The van der Waals surface area contributed by atoms with Gasteiger partial charge in [-0.3, -0.25) is 9.59 Å². The minimum atomic E-state index is -0.740. The van der Waals surface area contributed by atoms with E-state index in [1.807, 2.05) is 76.2 Å². The van der Waals surface area contributed by atoms with Crippen LogP contribution in [0.15, 0.2) is 0 Å². The predicted molar refractivity (Wildman–Crippen MR) is 128 cm³/mol. The third-order valence-electron chi connectivity index (χ3n) is 6.32. The molecule has 0 fully saturated rings. The van der Waals surface area contributed by atoms with Crippen LogP contribution < -0.4 is 10.6 Å². The Morgan fingerprint density at radius 1 is 0.875 bits per heavy atom. The van der Waals surface area contributed by atoms with Crippen molar-refractivity contribution >= 4 is 17.6 Å². The first-order valence-electron chi connectivity index (χ1n) is 11.7. The molecule has 2 unspecified atom stereocenters. The van der Waals surface area contributed by atoms with Gasteiger partial charge in [0.2, 0.25) is 11.8 Å². The van der Waals surface area contributed by atoms with Gasteiger partial charge in [0.15, 0.2) is 0 Å². The molecule has 0 aromatic heterocycles. The summed E-state index contributed by atoms with van der Waals surface area (Å²) in [5.41, 5.74) is -2.74. The highest BCUT2D eigenvalue weighted by molar-refractivity contribution is 5.83. The van der Waals surface area contributed by atoms with Crippen LogP contribution in [-0.4, -0.2) is 54.1 Å². The van der Waals surface area contributed by atoms with Crippen molar-refractivity contribution in [2.75, 3.05) is 19.7 Å². The summed E-state index contributed by atoms with van der Waals surface area (Å²) in [4.78, 5) is 36.4. The highest BCUT2D eigenvalue weighted by atomic mass is 16.6. The Bertz CT molecular complexity index is 653. The van der Waals surface area contributed by atoms with E-state index in [2.05, 4.69) is 10.6 Å². The Balaban J connectivity index is 4.93. The summed E-state index contributed by atoms with van der Waals surface area (Å²) in [5.74, 6) is -0.332. The van der Waals surface area contributed by atoms with Crippen molar-refractivity contribution in [1.29, 1.82) is 0 Å². The average molecular weight is 457 g/mol. The Morgan fingerprint density at radius 3 is 1.88 bits per heavy atom. The van der Waals surface area contributed by atoms with Crippen molar-refractivity contribution in [3.8, 4) is 0 Å². The summed E-state index contributed by atoms with van der Waals surface area (Å²) in [6.45, 7) is 23.7. The average Bonchev–Trinajstić information content (AvgIpc) is 2.62. The van der Waals surface area contributed by atoms with E-state index >= 15 is 0 Å². The van der Waals surface area contributed by atoms with Crippen LogP contribution in [0.25, 0.3) is 0 Å². The number of ether oxygens (including phenoxy) is 2. The first kappa shape index (κ1) is 30.5. The van der Waals surface area contributed by atoms with Gasteiger partial charge in [-0.25, -0.2) is 0 Å². The van der Waals surface area contributed by atoms with E-state index in [-0.39, 0.29) is 29.4 Å². The lowest BCUT2D eigenvalue weighted by Gasteiger charge is -2.45. The molecule has 2 amide bonds. The van der Waals surface area contributed by atoms with Gasteiger partial charge in [0.05, 0.1) is 28.8 Å². The number of hydrogen-bond acceptors (Lipinski definition) is 5. The van der Waals surface area contributed by atoms with Crippen molar-refractivity contribution < 1.29 is 23.9 Å². The second-order valence-corrected chi connectivity index (χ2v) is 11.3. The van der Waals surface area contributed by atoms with Gasteiger partial charge in [0, 0.05) is 25.4 Å². The molecule has 0 saturated heterocycles. The molecular weight excluding hydrogens is 408 g/mol. The molecule has 0 aliphatic carbocycles. The molecule has 32 heavy (non-hydrogen) atoms. The highest BCUT2D eigenvalue weighted by Gasteiger charge is 2.47. The number of carbonyl (C=O) groups excluding carboxylic acids is 3. The molecule has 0 aliphatic heterocycles. The van der Waals surface area contributed by atoms with Crippen LogP contribution in [-0.2, 0) is 23.9 Å². The first-order valence-corrected chi connectivity index (χ1v) is 11.7. The molecule has 0 bridgehead atoms. The number of Topliss-reactive ketones (excluding diaryl/α,β-unsaturated/α-hetero) is 1. The Kier molecular flexibility index (Phi) is 11.1. The third-order valence-corrected chi connectivity index (χ3v) is 6.32. The topological polar surface area (TPSA) is 93.7 Å². The van der Waals surface area contributed by atoms with Crippen molar-refractivity contribution in [3.05, 3.63) is 0 Å². The van der Waals surface area contributed by atoms with Gasteiger partial charge in [-0.15, -0.1) is 0 Å². The number of rotatable bonds is 14.